The Hall–Kier alpha value is -3.62. The number of hydrogen-bond acceptors (Lipinski definition) is 4. The van der Waals surface area contributed by atoms with Crippen LogP contribution in [0.15, 0.2) is 53.3 Å². The number of nitrogens with one attached hydrogen (secondary N) is 2. The van der Waals surface area contributed by atoms with Crippen molar-refractivity contribution in [1.29, 1.82) is 0 Å². The largest absolute Gasteiger partial charge is 0.340 e. The lowest BCUT2D eigenvalue weighted by Crippen LogP contribution is -2.08. The molecule has 0 unspecified atom stereocenters. The maximum Gasteiger partial charge on any atom is 0.340 e. The minimum absolute atomic E-state index is 0.0497. The van der Waals surface area contributed by atoms with E-state index in [-0.39, 0.29) is 12.1 Å². The van der Waals surface area contributed by atoms with Gasteiger partial charge in [-0.1, -0.05) is 30.3 Å². The molecule has 2 heterocycles. The summed E-state index contributed by atoms with van der Waals surface area (Å²) in [6.45, 7) is 0. The fraction of sp³-hybridized carbons (Fsp3) is 0.158. The molecule has 0 spiro atoms. The number of aromatic amines is 2. The van der Waals surface area contributed by atoms with Crippen LogP contribution in [-0.4, -0.2) is 29.9 Å². The highest BCUT2D eigenvalue weighted by atomic mass is 19.1. The molecular weight excluding hydrogens is 366 g/mol. The van der Waals surface area contributed by atoms with Crippen LogP contribution in [0.1, 0.15) is 23.0 Å². The molecule has 142 valence electrons. The van der Waals surface area contributed by atoms with Crippen molar-refractivity contribution in [3.8, 4) is 5.69 Å². The summed E-state index contributed by atoms with van der Waals surface area (Å²) >= 11 is 0. The zero-order chi connectivity index (χ0) is 19.5. The molecule has 0 amide bonds. The van der Waals surface area contributed by atoms with Crippen LogP contribution in [0.2, 0.25) is 0 Å². The molecule has 9 heteroatoms. The van der Waals surface area contributed by atoms with Gasteiger partial charge in [-0.3, -0.25) is 4.98 Å². The van der Waals surface area contributed by atoms with Gasteiger partial charge in [0.1, 0.15) is 29.0 Å². The monoisotopic (exact) mass is 382 g/mol. The smallest absolute Gasteiger partial charge is 0.293 e. The second-order valence-electron chi connectivity index (χ2n) is 6.24. The summed E-state index contributed by atoms with van der Waals surface area (Å²) in [5, 5.41) is 10.5. The summed E-state index contributed by atoms with van der Waals surface area (Å²) in [7, 11) is 0. The number of aryl methyl sites for hydroxylation is 2. The molecule has 0 fully saturated rings. The number of hydrogen-bond donors (Lipinski definition) is 2. The molecule has 0 bridgehead atoms. The Morgan fingerprint density at radius 2 is 1.86 bits per heavy atom. The van der Waals surface area contributed by atoms with Gasteiger partial charge in [-0.15, -0.1) is 0 Å². The van der Waals surface area contributed by atoms with Crippen LogP contribution in [0, 0.1) is 11.6 Å². The molecule has 7 nitrogen and oxygen atoms in total. The van der Waals surface area contributed by atoms with E-state index >= 15 is 0 Å². The molecule has 2 N–H and O–H groups in total. The fourth-order valence-corrected chi connectivity index (χ4v) is 2.89. The first kappa shape index (κ1) is 17.8. The lowest BCUT2D eigenvalue weighted by Gasteiger charge is -2.06. The number of rotatable bonds is 6. The molecule has 4 aromatic rings. The maximum atomic E-state index is 14.3. The van der Waals surface area contributed by atoms with Crippen LogP contribution in [0.5, 0.6) is 0 Å². The summed E-state index contributed by atoms with van der Waals surface area (Å²) in [5.74, 6) is -0.0599. The Morgan fingerprint density at radius 1 is 1.04 bits per heavy atom. The van der Waals surface area contributed by atoms with Crippen molar-refractivity contribution in [1.82, 2.24) is 29.9 Å². The van der Waals surface area contributed by atoms with E-state index in [2.05, 4.69) is 25.3 Å². The number of aromatic nitrogens is 6. The van der Waals surface area contributed by atoms with E-state index < -0.39 is 17.3 Å². The quantitative estimate of drug-likeness (QED) is 0.535. The highest BCUT2D eigenvalue weighted by Gasteiger charge is 2.17. The average Bonchev–Trinajstić information content (AvgIpc) is 3.29. The van der Waals surface area contributed by atoms with E-state index in [0.717, 1.165) is 23.8 Å². The summed E-state index contributed by atoms with van der Waals surface area (Å²) in [4.78, 5) is 18.3. The second kappa shape index (κ2) is 7.55. The van der Waals surface area contributed by atoms with Crippen molar-refractivity contribution in [2.24, 2.45) is 0 Å². The van der Waals surface area contributed by atoms with Crippen LogP contribution in [0.4, 0.5) is 8.78 Å². The molecule has 0 atom stereocenters. The minimum Gasteiger partial charge on any atom is -0.293 e. The van der Waals surface area contributed by atoms with Gasteiger partial charge in [0.25, 0.3) is 0 Å². The lowest BCUT2D eigenvalue weighted by molar-refractivity contribution is 0.582. The highest BCUT2D eigenvalue weighted by Crippen LogP contribution is 2.18. The van der Waals surface area contributed by atoms with Gasteiger partial charge in [-0.25, -0.2) is 28.3 Å². The van der Waals surface area contributed by atoms with Gasteiger partial charge in [0.2, 0.25) is 0 Å². The predicted octanol–water partition coefficient (Wildman–Crippen LogP) is 2.33. The van der Waals surface area contributed by atoms with Gasteiger partial charge in [0.05, 0.1) is 6.42 Å². The number of halogens is 2. The third-order valence-corrected chi connectivity index (χ3v) is 4.21. The standard InChI is InChI=1S/C19H16F2N6O/c20-13-7-8-14(21)15(10-13)27-18(11-17-23-19(28)25-24-17)22-16(26-27)9-6-12-4-2-1-3-5-12/h1-5,7-8,10H,6,9,11H2,(H2,23,24,25,28). The molecule has 0 aliphatic heterocycles. The molecule has 0 aliphatic carbocycles. The Bertz CT molecular complexity index is 1150. The fourth-order valence-electron chi connectivity index (χ4n) is 2.89. The third kappa shape index (κ3) is 3.88. The predicted molar refractivity (Wildman–Crippen MR) is 97.1 cm³/mol. The molecule has 0 radical (unpaired) electrons. The number of benzene rings is 2. The molecule has 2 aromatic heterocycles. The van der Waals surface area contributed by atoms with Crippen molar-refractivity contribution in [2.45, 2.75) is 19.3 Å². The lowest BCUT2D eigenvalue weighted by atomic mass is 10.1. The molecular formula is C19H16F2N6O. The second-order valence-corrected chi connectivity index (χ2v) is 6.24. The van der Waals surface area contributed by atoms with Gasteiger partial charge >= 0.3 is 5.69 Å². The number of nitrogens with zero attached hydrogens (tertiary/aromatic N) is 4. The van der Waals surface area contributed by atoms with Crippen LogP contribution in [0.25, 0.3) is 5.69 Å². The zero-order valence-corrected chi connectivity index (χ0v) is 14.7. The molecule has 28 heavy (non-hydrogen) atoms. The van der Waals surface area contributed by atoms with Crippen LogP contribution < -0.4 is 5.69 Å². The highest BCUT2D eigenvalue weighted by molar-refractivity contribution is 5.34. The number of H-pyrrole nitrogens is 2. The Balaban J connectivity index is 1.68. The van der Waals surface area contributed by atoms with Crippen LogP contribution >= 0.6 is 0 Å². The van der Waals surface area contributed by atoms with Crippen LogP contribution in [-0.2, 0) is 19.3 Å². The zero-order valence-electron chi connectivity index (χ0n) is 14.7. The maximum absolute atomic E-state index is 14.3. The van der Waals surface area contributed by atoms with Crippen molar-refractivity contribution < 1.29 is 8.78 Å². The van der Waals surface area contributed by atoms with Crippen molar-refractivity contribution in [3.63, 3.8) is 0 Å². The Labute approximate surface area is 158 Å². The van der Waals surface area contributed by atoms with Gasteiger partial charge < -0.3 is 0 Å². The molecule has 0 aliphatic rings. The summed E-state index contributed by atoms with van der Waals surface area (Å²) in [6, 6.07) is 13.0. The average molecular weight is 382 g/mol. The van der Waals surface area contributed by atoms with Crippen molar-refractivity contribution >= 4 is 0 Å². The van der Waals surface area contributed by atoms with E-state index in [4.69, 9.17) is 0 Å². The summed E-state index contributed by atoms with van der Waals surface area (Å²) < 4.78 is 29.2. The van der Waals surface area contributed by atoms with Crippen molar-refractivity contribution in [2.75, 3.05) is 0 Å². The third-order valence-electron chi connectivity index (χ3n) is 4.21. The molecule has 2 aromatic carbocycles. The Kier molecular flexibility index (Phi) is 4.79. The van der Waals surface area contributed by atoms with Gasteiger partial charge in [0.15, 0.2) is 5.82 Å². The molecule has 0 saturated heterocycles. The first-order valence-corrected chi connectivity index (χ1v) is 8.66. The van der Waals surface area contributed by atoms with E-state index in [1.54, 1.807) is 0 Å². The topological polar surface area (TPSA) is 92.2 Å². The van der Waals surface area contributed by atoms with E-state index in [0.29, 0.717) is 30.3 Å². The first-order valence-electron chi connectivity index (χ1n) is 8.66. The van der Waals surface area contributed by atoms with Crippen LogP contribution in [0.3, 0.4) is 0 Å². The van der Waals surface area contributed by atoms with Gasteiger partial charge in [-0.05, 0) is 24.1 Å². The minimum atomic E-state index is -0.627. The molecule has 4 rings (SSSR count). The van der Waals surface area contributed by atoms with Gasteiger partial charge in [-0.2, -0.15) is 10.2 Å². The van der Waals surface area contributed by atoms with E-state index in [1.165, 1.54) is 4.68 Å². The van der Waals surface area contributed by atoms with E-state index in [9.17, 15) is 13.6 Å². The SMILES string of the molecule is O=c1[nH]nc(Cc2nc(CCc3ccccc3)nn2-c2cc(F)ccc2F)[nH]1. The van der Waals surface area contributed by atoms with E-state index in [1.807, 2.05) is 30.3 Å². The summed E-state index contributed by atoms with van der Waals surface area (Å²) in [5.41, 5.74) is 0.614. The van der Waals surface area contributed by atoms with Crippen molar-refractivity contribution in [3.05, 3.63) is 93.7 Å². The first-order chi connectivity index (χ1) is 13.6. The normalized spacial score (nSPS) is 11.1. The molecule has 0 saturated carbocycles. The van der Waals surface area contributed by atoms with Gasteiger partial charge in [0, 0.05) is 12.5 Å². The summed E-state index contributed by atoms with van der Waals surface area (Å²) in [6.07, 6.45) is 1.33. The Morgan fingerprint density at radius 3 is 2.61 bits per heavy atom.